The summed E-state index contributed by atoms with van der Waals surface area (Å²) in [5.41, 5.74) is -1.34. The first kappa shape index (κ1) is 26.7. The molecule has 2 aromatic carbocycles. The Kier molecular flexibility index (Phi) is 7.53. The average Bonchev–Trinajstić information content (AvgIpc) is 3.00. The largest absolute Gasteiger partial charge is 0.459 e. The zero-order chi connectivity index (χ0) is 25.5. The van der Waals surface area contributed by atoms with Gasteiger partial charge >= 0.3 is 5.97 Å². The van der Waals surface area contributed by atoms with Crippen LogP contribution in [0.3, 0.4) is 0 Å². The predicted molar refractivity (Wildman–Crippen MR) is 136 cm³/mol. The molecule has 4 atom stereocenters. The Balaban J connectivity index is 2.32. The smallest absolute Gasteiger partial charge is 0.324 e. The van der Waals surface area contributed by atoms with E-state index in [1.165, 1.54) is 6.07 Å². The van der Waals surface area contributed by atoms with Gasteiger partial charge in [0.15, 0.2) is 0 Å². The van der Waals surface area contributed by atoms with E-state index in [2.05, 4.69) is 48.1 Å². The van der Waals surface area contributed by atoms with Crippen LogP contribution in [-0.4, -0.2) is 23.7 Å². The molecule has 0 saturated carbocycles. The molecule has 1 aliphatic rings. The second kappa shape index (κ2) is 9.60. The molecule has 0 bridgehead atoms. The Morgan fingerprint density at radius 3 is 2.41 bits per heavy atom. The van der Waals surface area contributed by atoms with Crippen molar-refractivity contribution in [3.8, 4) is 6.07 Å². The fraction of sp³-hybridized carbons (Fsp3) is 0.481. The molecule has 2 aromatic rings. The second-order valence-corrected chi connectivity index (χ2v) is 12.5. The van der Waals surface area contributed by atoms with E-state index < -0.39 is 40.8 Å². The van der Waals surface area contributed by atoms with Crippen molar-refractivity contribution in [1.29, 1.82) is 5.26 Å². The van der Waals surface area contributed by atoms with Crippen LogP contribution in [0.25, 0.3) is 0 Å². The lowest BCUT2D eigenvalue weighted by Gasteiger charge is -2.37. The number of nitriles is 1. The third-order valence-corrected chi connectivity index (χ3v) is 6.73. The van der Waals surface area contributed by atoms with Crippen LogP contribution in [-0.2, 0) is 14.9 Å². The summed E-state index contributed by atoms with van der Waals surface area (Å²) >= 11 is 9.57. The lowest BCUT2D eigenvalue weighted by atomic mass is 9.63. The molecule has 1 N–H and O–H groups in total. The van der Waals surface area contributed by atoms with Gasteiger partial charge in [-0.3, -0.25) is 10.1 Å². The van der Waals surface area contributed by atoms with E-state index in [4.69, 9.17) is 16.3 Å². The van der Waals surface area contributed by atoms with Crippen molar-refractivity contribution in [3.63, 3.8) is 0 Å². The van der Waals surface area contributed by atoms with Crippen LogP contribution >= 0.6 is 27.5 Å². The first-order chi connectivity index (χ1) is 15.7. The minimum Gasteiger partial charge on any atom is -0.459 e. The molecule has 3 rings (SSSR count). The first-order valence-electron chi connectivity index (χ1n) is 11.3. The average molecular weight is 550 g/mol. The van der Waals surface area contributed by atoms with E-state index in [9.17, 15) is 10.1 Å². The van der Waals surface area contributed by atoms with Crippen LogP contribution in [0.1, 0.15) is 65.0 Å². The maximum atomic E-state index is 15.5. The standard InChI is InChI=1S/C27H31BrClFN2O2/c1-25(2,3)14-21-27(15-31,19-11-10-18(29)13-20(19)30)22(16-8-7-9-17(28)12-16)23(32-21)24(33)34-26(4,5)6/h7-13,21-23,32H,14H2,1-6H3/t21-,22-,23+,27-/m0/s1. The molecule has 0 spiro atoms. The summed E-state index contributed by atoms with van der Waals surface area (Å²) in [7, 11) is 0. The third-order valence-electron chi connectivity index (χ3n) is 6.00. The summed E-state index contributed by atoms with van der Waals surface area (Å²) in [4.78, 5) is 13.5. The van der Waals surface area contributed by atoms with Crippen LogP contribution in [0.5, 0.6) is 0 Å². The van der Waals surface area contributed by atoms with E-state index in [0.29, 0.717) is 6.42 Å². The number of nitrogens with one attached hydrogen (secondary N) is 1. The quantitative estimate of drug-likeness (QED) is 0.421. The molecule has 1 aliphatic heterocycles. The number of benzene rings is 2. The maximum Gasteiger partial charge on any atom is 0.324 e. The Labute approximate surface area is 215 Å². The normalized spacial score (nSPS) is 25.1. The van der Waals surface area contributed by atoms with Crippen molar-refractivity contribution >= 4 is 33.5 Å². The van der Waals surface area contributed by atoms with Crippen LogP contribution in [0.15, 0.2) is 46.9 Å². The summed E-state index contributed by atoms with van der Waals surface area (Å²) in [6.45, 7) is 11.6. The van der Waals surface area contributed by atoms with Crippen molar-refractivity contribution in [3.05, 3.63) is 68.9 Å². The van der Waals surface area contributed by atoms with Crippen LogP contribution in [0, 0.1) is 22.6 Å². The molecular formula is C27H31BrClFN2O2. The molecule has 182 valence electrons. The van der Waals surface area contributed by atoms with Crippen molar-refractivity contribution < 1.29 is 13.9 Å². The molecule has 34 heavy (non-hydrogen) atoms. The Hall–Kier alpha value is -1.94. The molecule has 0 aliphatic carbocycles. The summed E-state index contributed by atoms with van der Waals surface area (Å²) in [5.74, 6) is -1.74. The molecule has 0 unspecified atom stereocenters. The molecule has 0 aromatic heterocycles. The molecule has 7 heteroatoms. The minimum absolute atomic E-state index is 0.201. The topological polar surface area (TPSA) is 62.1 Å². The molecule has 1 heterocycles. The summed E-state index contributed by atoms with van der Waals surface area (Å²) in [6, 6.07) is 13.0. The van der Waals surface area contributed by atoms with Gasteiger partial charge in [-0.15, -0.1) is 0 Å². The third kappa shape index (κ3) is 5.48. The highest BCUT2D eigenvalue weighted by Crippen LogP contribution is 2.52. The maximum absolute atomic E-state index is 15.5. The number of ether oxygens (including phenoxy) is 1. The summed E-state index contributed by atoms with van der Waals surface area (Å²) in [6.07, 6.45) is 0.534. The summed E-state index contributed by atoms with van der Waals surface area (Å²) < 4.78 is 22.1. The van der Waals surface area contributed by atoms with E-state index in [-0.39, 0.29) is 16.0 Å². The molecule has 4 nitrogen and oxygen atoms in total. The van der Waals surface area contributed by atoms with Gasteiger partial charge in [0, 0.05) is 27.0 Å². The number of nitrogens with zero attached hydrogens (tertiary/aromatic N) is 1. The predicted octanol–water partition coefficient (Wildman–Crippen LogP) is 6.91. The highest BCUT2D eigenvalue weighted by molar-refractivity contribution is 9.10. The Morgan fingerprint density at radius 1 is 1.21 bits per heavy atom. The van der Waals surface area contributed by atoms with Crippen molar-refractivity contribution in [2.75, 3.05) is 0 Å². The van der Waals surface area contributed by atoms with Gasteiger partial charge in [-0.05, 0) is 62.4 Å². The lowest BCUT2D eigenvalue weighted by Crippen LogP contribution is -2.44. The van der Waals surface area contributed by atoms with Crippen molar-refractivity contribution in [2.24, 2.45) is 5.41 Å². The van der Waals surface area contributed by atoms with Crippen LogP contribution in [0.2, 0.25) is 5.02 Å². The highest BCUT2D eigenvalue weighted by atomic mass is 79.9. The molecule has 1 fully saturated rings. The van der Waals surface area contributed by atoms with Crippen molar-refractivity contribution in [1.82, 2.24) is 5.32 Å². The van der Waals surface area contributed by atoms with Gasteiger partial charge in [0.1, 0.15) is 22.9 Å². The van der Waals surface area contributed by atoms with Crippen LogP contribution in [0.4, 0.5) is 4.39 Å². The number of carbonyl (C=O) groups excluding carboxylic acids is 1. The van der Waals surface area contributed by atoms with Gasteiger partial charge < -0.3 is 4.74 Å². The molecule has 0 radical (unpaired) electrons. The number of rotatable bonds is 4. The minimum atomic E-state index is -1.38. The monoisotopic (exact) mass is 548 g/mol. The number of hydrogen-bond acceptors (Lipinski definition) is 4. The first-order valence-corrected chi connectivity index (χ1v) is 12.5. The number of halogens is 3. The zero-order valence-electron chi connectivity index (χ0n) is 20.4. The van der Waals surface area contributed by atoms with E-state index in [1.807, 2.05) is 24.3 Å². The second-order valence-electron chi connectivity index (χ2n) is 11.1. The summed E-state index contributed by atoms with van der Waals surface area (Å²) in [5, 5.41) is 14.5. The van der Waals surface area contributed by atoms with Gasteiger partial charge in [-0.2, -0.15) is 5.26 Å². The molecule has 1 saturated heterocycles. The number of carbonyl (C=O) groups is 1. The van der Waals surface area contributed by atoms with E-state index >= 15 is 4.39 Å². The highest BCUT2D eigenvalue weighted by Gasteiger charge is 2.61. The SMILES string of the molecule is CC(C)(C)C[C@@H]1N[C@@H](C(=O)OC(C)(C)C)[C@H](c2cccc(Br)c2)[C@@]1(C#N)c1ccc(Cl)cc1F. The lowest BCUT2D eigenvalue weighted by molar-refractivity contribution is -0.157. The Morgan fingerprint density at radius 2 is 1.88 bits per heavy atom. The zero-order valence-corrected chi connectivity index (χ0v) is 22.7. The fourth-order valence-electron chi connectivity index (χ4n) is 4.87. The number of hydrogen-bond donors (Lipinski definition) is 1. The van der Waals surface area contributed by atoms with Gasteiger partial charge in [0.25, 0.3) is 0 Å². The van der Waals surface area contributed by atoms with Crippen LogP contribution < -0.4 is 5.32 Å². The van der Waals surface area contributed by atoms with Gasteiger partial charge in [0.2, 0.25) is 0 Å². The van der Waals surface area contributed by atoms with Gasteiger partial charge in [-0.1, -0.05) is 66.5 Å². The van der Waals surface area contributed by atoms with E-state index in [0.717, 1.165) is 10.0 Å². The molecular weight excluding hydrogens is 519 g/mol. The number of esters is 1. The molecule has 0 amide bonds. The van der Waals surface area contributed by atoms with Gasteiger partial charge in [0.05, 0.1) is 6.07 Å². The van der Waals surface area contributed by atoms with E-state index in [1.54, 1.807) is 32.9 Å². The Bertz CT molecular complexity index is 1120. The fourth-order valence-corrected chi connectivity index (χ4v) is 5.44. The van der Waals surface area contributed by atoms with Gasteiger partial charge in [-0.25, -0.2) is 4.39 Å². The van der Waals surface area contributed by atoms with Crippen molar-refractivity contribution in [2.45, 2.75) is 77.0 Å².